The van der Waals surface area contributed by atoms with Crippen LogP contribution in [0.3, 0.4) is 0 Å². The molecule has 22 heavy (non-hydrogen) atoms. The van der Waals surface area contributed by atoms with E-state index in [1.54, 1.807) is 4.90 Å². The third-order valence-corrected chi connectivity index (χ3v) is 4.02. The summed E-state index contributed by atoms with van der Waals surface area (Å²) in [5.74, 6) is 0.145. The van der Waals surface area contributed by atoms with Gasteiger partial charge in [-0.3, -0.25) is 4.79 Å². The first kappa shape index (κ1) is 16.6. The molecular formula is C18H21BrN2O. The lowest BCUT2D eigenvalue weighted by Gasteiger charge is -2.18. The molecule has 0 spiro atoms. The number of rotatable bonds is 6. The summed E-state index contributed by atoms with van der Waals surface area (Å²) in [5.41, 5.74) is 3.39. The molecule has 0 atom stereocenters. The van der Waals surface area contributed by atoms with Crippen molar-refractivity contribution in [2.24, 2.45) is 0 Å². The third-order valence-electron chi connectivity index (χ3n) is 3.53. The summed E-state index contributed by atoms with van der Waals surface area (Å²) in [5, 5.41) is 3.32. The zero-order chi connectivity index (χ0) is 15.9. The molecule has 0 aliphatic heterocycles. The molecule has 116 valence electrons. The number of nitrogens with zero attached hydrogens (tertiary/aromatic N) is 1. The molecule has 0 heterocycles. The number of amides is 1. The summed E-state index contributed by atoms with van der Waals surface area (Å²) in [7, 11) is 1.85. The van der Waals surface area contributed by atoms with Gasteiger partial charge in [-0.1, -0.05) is 46.3 Å². The first-order valence-corrected chi connectivity index (χ1v) is 8.13. The van der Waals surface area contributed by atoms with Crippen molar-refractivity contribution in [2.75, 3.05) is 18.9 Å². The van der Waals surface area contributed by atoms with E-state index in [-0.39, 0.29) is 5.91 Å². The molecule has 2 rings (SSSR count). The minimum absolute atomic E-state index is 0.145. The predicted octanol–water partition coefficient (Wildman–Crippen LogP) is 4.22. The van der Waals surface area contributed by atoms with Gasteiger partial charge in [0.15, 0.2) is 0 Å². The summed E-state index contributed by atoms with van der Waals surface area (Å²) in [6.45, 7) is 3.34. The number of benzene rings is 2. The normalized spacial score (nSPS) is 10.3. The first-order valence-electron chi connectivity index (χ1n) is 7.34. The molecule has 2 aromatic carbocycles. The van der Waals surface area contributed by atoms with Crippen LogP contribution in [-0.2, 0) is 11.3 Å². The SMILES string of the molecule is Cc1cc(Br)ccc1NCCC(=O)N(C)Cc1ccccc1. The average molecular weight is 361 g/mol. The molecule has 0 saturated heterocycles. The van der Waals surface area contributed by atoms with Crippen LogP contribution < -0.4 is 5.32 Å². The van der Waals surface area contributed by atoms with Crippen LogP contribution >= 0.6 is 15.9 Å². The molecule has 0 aromatic heterocycles. The van der Waals surface area contributed by atoms with Crippen molar-refractivity contribution in [3.05, 3.63) is 64.1 Å². The van der Waals surface area contributed by atoms with Gasteiger partial charge in [-0.05, 0) is 36.2 Å². The lowest BCUT2D eigenvalue weighted by atomic mass is 10.2. The highest BCUT2D eigenvalue weighted by Crippen LogP contribution is 2.19. The van der Waals surface area contributed by atoms with Gasteiger partial charge in [0.25, 0.3) is 0 Å². The van der Waals surface area contributed by atoms with Gasteiger partial charge in [0.2, 0.25) is 5.91 Å². The number of anilines is 1. The smallest absolute Gasteiger partial charge is 0.224 e. The van der Waals surface area contributed by atoms with E-state index in [1.165, 1.54) is 5.56 Å². The van der Waals surface area contributed by atoms with Crippen LogP contribution in [0, 0.1) is 6.92 Å². The molecule has 0 bridgehead atoms. The van der Waals surface area contributed by atoms with Crippen LogP contribution in [0.1, 0.15) is 17.5 Å². The summed E-state index contributed by atoms with van der Waals surface area (Å²) in [6, 6.07) is 16.1. The van der Waals surface area contributed by atoms with Crippen LogP contribution in [0.15, 0.2) is 53.0 Å². The highest BCUT2D eigenvalue weighted by Gasteiger charge is 2.09. The van der Waals surface area contributed by atoms with Crippen molar-refractivity contribution < 1.29 is 4.79 Å². The van der Waals surface area contributed by atoms with E-state index >= 15 is 0 Å². The molecule has 0 fully saturated rings. The molecule has 3 nitrogen and oxygen atoms in total. The topological polar surface area (TPSA) is 32.3 Å². The Hall–Kier alpha value is -1.81. The second-order valence-corrected chi connectivity index (χ2v) is 6.29. The number of hydrogen-bond donors (Lipinski definition) is 1. The molecule has 0 aliphatic carbocycles. The zero-order valence-corrected chi connectivity index (χ0v) is 14.6. The predicted molar refractivity (Wildman–Crippen MR) is 94.9 cm³/mol. The third kappa shape index (κ3) is 4.88. The van der Waals surface area contributed by atoms with Gasteiger partial charge in [0, 0.05) is 36.7 Å². The fourth-order valence-electron chi connectivity index (χ4n) is 2.27. The molecule has 1 amide bonds. The lowest BCUT2D eigenvalue weighted by Crippen LogP contribution is -2.27. The average Bonchev–Trinajstić information content (AvgIpc) is 2.50. The number of nitrogens with one attached hydrogen (secondary N) is 1. The Morgan fingerprint density at radius 2 is 1.91 bits per heavy atom. The monoisotopic (exact) mass is 360 g/mol. The van der Waals surface area contributed by atoms with E-state index < -0.39 is 0 Å². The second kappa shape index (κ2) is 7.99. The largest absolute Gasteiger partial charge is 0.384 e. The van der Waals surface area contributed by atoms with Gasteiger partial charge in [0.05, 0.1) is 0 Å². The molecular weight excluding hydrogens is 340 g/mol. The van der Waals surface area contributed by atoms with Crippen LogP contribution in [-0.4, -0.2) is 24.4 Å². The molecule has 1 N–H and O–H groups in total. The number of carbonyl (C=O) groups excluding carboxylic acids is 1. The van der Waals surface area contributed by atoms with Crippen molar-refractivity contribution in [1.82, 2.24) is 4.90 Å². The summed E-state index contributed by atoms with van der Waals surface area (Å²) < 4.78 is 1.06. The number of carbonyl (C=O) groups is 1. The van der Waals surface area contributed by atoms with Crippen LogP contribution in [0.5, 0.6) is 0 Å². The highest BCUT2D eigenvalue weighted by molar-refractivity contribution is 9.10. The van der Waals surface area contributed by atoms with Crippen molar-refractivity contribution in [1.29, 1.82) is 0 Å². The fourth-order valence-corrected chi connectivity index (χ4v) is 2.74. The van der Waals surface area contributed by atoms with Gasteiger partial charge in [-0.25, -0.2) is 0 Å². The molecule has 4 heteroatoms. The maximum Gasteiger partial charge on any atom is 0.224 e. The minimum Gasteiger partial charge on any atom is -0.384 e. The van der Waals surface area contributed by atoms with Gasteiger partial charge in [-0.2, -0.15) is 0 Å². The van der Waals surface area contributed by atoms with E-state index in [0.29, 0.717) is 19.5 Å². The Morgan fingerprint density at radius 1 is 1.18 bits per heavy atom. The fraction of sp³-hybridized carbons (Fsp3) is 0.278. The first-order chi connectivity index (χ1) is 10.6. The molecule has 0 aliphatic rings. The van der Waals surface area contributed by atoms with Crippen LogP contribution in [0.25, 0.3) is 0 Å². The van der Waals surface area contributed by atoms with Crippen molar-refractivity contribution in [3.8, 4) is 0 Å². The number of halogens is 1. The number of hydrogen-bond acceptors (Lipinski definition) is 2. The van der Waals surface area contributed by atoms with Gasteiger partial charge < -0.3 is 10.2 Å². The van der Waals surface area contributed by atoms with E-state index in [4.69, 9.17) is 0 Å². The standard InChI is InChI=1S/C18H21BrN2O/c1-14-12-16(19)8-9-17(14)20-11-10-18(22)21(2)13-15-6-4-3-5-7-15/h3-9,12,20H,10-11,13H2,1-2H3. The highest BCUT2D eigenvalue weighted by atomic mass is 79.9. The Kier molecular flexibility index (Phi) is 6.01. The summed E-state index contributed by atoms with van der Waals surface area (Å²) in [6.07, 6.45) is 0.485. The number of aryl methyl sites for hydroxylation is 1. The van der Waals surface area contributed by atoms with Gasteiger partial charge in [-0.15, -0.1) is 0 Å². The molecule has 0 radical (unpaired) electrons. The van der Waals surface area contributed by atoms with Crippen molar-refractivity contribution in [3.63, 3.8) is 0 Å². The molecule has 0 unspecified atom stereocenters. The van der Waals surface area contributed by atoms with Crippen molar-refractivity contribution in [2.45, 2.75) is 19.9 Å². The van der Waals surface area contributed by atoms with Crippen LogP contribution in [0.4, 0.5) is 5.69 Å². The summed E-state index contributed by atoms with van der Waals surface area (Å²) in [4.78, 5) is 13.9. The van der Waals surface area contributed by atoms with Crippen LogP contribution in [0.2, 0.25) is 0 Å². The zero-order valence-electron chi connectivity index (χ0n) is 13.0. The minimum atomic E-state index is 0.145. The molecule has 0 saturated carbocycles. The maximum absolute atomic E-state index is 12.2. The van der Waals surface area contributed by atoms with Gasteiger partial charge >= 0.3 is 0 Å². The quantitative estimate of drug-likeness (QED) is 0.836. The van der Waals surface area contributed by atoms with E-state index in [1.807, 2.05) is 49.5 Å². The van der Waals surface area contributed by atoms with E-state index in [9.17, 15) is 4.79 Å². The Bertz CT molecular complexity index is 628. The Labute approximate surface area is 140 Å². The summed E-state index contributed by atoms with van der Waals surface area (Å²) >= 11 is 3.45. The lowest BCUT2D eigenvalue weighted by molar-refractivity contribution is -0.130. The van der Waals surface area contributed by atoms with Gasteiger partial charge in [0.1, 0.15) is 0 Å². The van der Waals surface area contributed by atoms with E-state index in [0.717, 1.165) is 15.7 Å². The Morgan fingerprint density at radius 3 is 2.59 bits per heavy atom. The van der Waals surface area contributed by atoms with Crippen molar-refractivity contribution >= 4 is 27.5 Å². The van der Waals surface area contributed by atoms with E-state index in [2.05, 4.69) is 34.2 Å². The molecule has 2 aromatic rings. The Balaban J connectivity index is 1.80. The second-order valence-electron chi connectivity index (χ2n) is 5.37. The maximum atomic E-state index is 12.2.